The standard InChI is InChI=1S/2C5H5N.2C4H4N2.C4H5N.C4H4O.C4H4S.3C3H4N2.2C3H3NO.C3H3NS.C2H2N2O.C2H2N2S/c2*1-2-4-6-5-3-1;1-2-6-4-3-5-1;1-2-5-4-6-3-1;3*1-2-4-5-3-1;2*1-2-5-3-4-1;1-2-4-5-3-1;3*1-2-5-3-4-1;2*1-3-4-2-5-1/h2*1-5H;2*1-4H;1-5H;2*1-4H;3*1-3H,(H,4,5);3*1-3H;2*1-2H. The summed E-state index contributed by atoms with van der Waals surface area (Å²) in [5.74, 6) is 0. The van der Waals surface area contributed by atoms with E-state index in [2.05, 4.69) is 118 Å². The molecule has 0 aliphatic carbocycles. The first-order valence-electron chi connectivity index (χ1n) is 22.2. The van der Waals surface area contributed by atoms with Gasteiger partial charge in [-0.3, -0.25) is 30.0 Å². The van der Waals surface area contributed by atoms with E-state index >= 15 is 0 Å². The molecule has 0 atom stereocenters. The molecular weight excluding hydrogens is 1060 g/mol. The summed E-state index contributed by atoms with van der Waals surface area (Å²) in [5, 5.41) is 25.8. The highest BCUT2D eigenvalue weighted by atomic mass is 32.1. The van der Waals surface area contributed by atoms with Crippen LogP contribution < -0.4 is 0 Å². The number of thiophene rings is 1. The first-order valence-corrected chi connectivity index (χ1v) is 25.1. The molecule has 15 aromatic heterocycles. The van der Waals surface area contributed by atoms with Gasteiger partial charge in [-0.05, 0) is 71.4 Å². The third kappa shape index (κ3) is 61.3. The van der Waals surface area contributed by atoms with Gasteiger partial charge in [0.05, 0.1) is 43.1 Å². The molecule has 24 nitrogen and oxygen atoms in total. The third-order valence-corrected chi connectivity index (χ3v) is 7.84. The van der Waals surface area contributed by atoms with Gasteiger partial charge in [0.1, 0.15) is 29.9 Å². The molecule has 79 heavy (non-hydrogen) atoms. The number of thiazole rings is 1. The Hall–Kier alpha value is -10.9. The maximum Gasteiger partial charge on any atom is 0.203 e. The van der Waals surface area contributed by atoms with Crippen LogP contribution in [0.15, 0.2) is 335 Å². The van der Waals surface area contributed by atoms with Crippen LogP contribution in [0.4, 0.5) is 0 Å². The number of furan rings is 1. The molecule has 0 fully saturated rings. The monoisotopic (exact) mass is 1120 g/mol. The van der Waals surface area contributed by atoms with E-state index in [1.54, 1.807) is 188 Å². The number of hydrogen-bond acceptors (Lipinski definition) is 23. The van der Waals surface area contributed by atoms with E-state index in [-0.39, 0.29) is 0 Å². The van der Waals surface area contributed by atoms with Crippen LogP contribution in [0.3, 0.4) is 0 Å². The molecule has 0 aromatic carbocycles. The minimum absolute atomic E-state index is 1.26. The maximum absolute atomic E-state index is 4.58. The van der Waals surface area contributed by atoms with Gasteiger partial charge in [-0.15, -0.1) is 43.1 Å². The summed E-state index contributed by atoms with van der Waals surface area (Å²) in [4.78, 5) is 48.9. The molecule has 15 aromatic rings. The Kier molecular flexibility index (Phi) is 52.9. The largest absolute Gasteiger partial charge is 0.473 e. The first-order chi connectivity index (χ1) is 39.5. The average Bonchev–Trinajstić information content (AvgIpc) is 4.39. The molecule has 15 rings (SSSR count). The number of rotatable bonds is 0. The number of nitrogens with one attached hydrogen (secondary N) is 4. The quantitative estimate of drug-likeness (QED) is 0.110. The number of nitrogens with zero attached hydrogens (tertiary/aromatic N) is 16. The molecule has 27 heteroatoms. The molecule has 4 N–H and O–H groups in total. The van der Waals surface area contributed by atoms with Gasteiger partial charge >= 0.3 is 0 Å². The van der Waals surface area contributed by atoms with Crippen molar-refractivity contribution in [3.8, 4) is 0 Å². The zero-order valence-corrected chi connectivity index (χ0v) is 44.5. The van der Waals surface area contributed by atoms with Gasteiger partial charge in [0.25, 0.3) is 0 Å². The fourth-order valence-corrected chi connectivity index (χ4v) is 4.39. The van der Waals surface area contributed by atoms with Crippen LogP contribution in [0.25, 0.3) is 0 Å². The van der Waals surface area contributed by atoms with E-state index < -0.39 is 0 Å². The number of imidazole rings is 2. The van der Waals surface area contributed by atoms with Crippen molar-refractivity contribution in [2.75, 3.05) is 0 Å². The molecule has 0 aliphatic rings. The first kappa shape index (κ1) is 66.1. The van der Waals surface area contributed by atoms with Crippen molar-refractivity contribution in [3.05, 3.63) is 317 Å². The highest BCUT2D eigenvalue weighted by Gasteiger charge is 1.66. The van der Waals surface area contributed by atoms with Crippen molar-refractivity contribution in [1.29, 1.82) is 0 Å². The van der Waals surface area contributed by atoms with Crippen LogP contribution in [0.1, 0.15) is 0 Å². The zero-order chi connectivity index (χ0) is 55.9. The number of H-pyrrole nitrogens is 4. The lowest BCUT2D eigenvalue weighted by molar-refractivity contribution is 0.553. The molecular formula is C52H56N20O4S3. The zero-order valence-electron chi connectivity index (χ0n) is 42.0. The lowest BCUT2D eigenvalue weighted by Gasteiger charge is -1.70. The van der Waals surface area contributed by atoms with E-state index in [0.29, 0.717) is 0 Å². The van der Waals surface area contributed by atoms with E-state index in [0.717, 1.165) is 0 Å². The summed E-state index contributed by atoms with van der Waals surface area (Å²) in [5.41, 5.74) is 5.15. The fraction of sp³-hybridized carbons (Fsp3) is 0. The van der Waals surface area contributed by atoms with Crippen LogP contribution in [0.5, 0.6) is 0 Å². The topological polar surface area (TPSA) is 322 Å². The Balaban J connectivity index is 0.000000423. The van der Waals surface area contributed by atoms with Gasteiger partial charge in [0.2, 0.25) is 12.8 Å². The second-order valence-corrected chi connectivity index (χ2v) is 14.1. The molecule has 0 saturated carbocycles. The summed E-state index contributed by atoms with van der Waals surface area (Å²) >= 11 is 4.81. The Morgan fingerprint density at radius 1 is 0.266 bits per heavy atom. The lowest BCUT2D eigenvalue weighted by Crippen LogP contribution is -1.66. The smallest absolute Gasteiger partial charge is 0.203 e. The van der Waals surface area contributed by atoms with Crippen LogP contribution in [0.2, 0.25) is 0 Å². The van der Waals surface area contributed by atoms with Crippen LogP contribution >= 0.6 is 34.0 Å². The van der Waals surface area contributed by atoms with Crippen molar-refractivity contribution in [3.63, 3.8) is 0 Å². The van der Waals surface area contributed by atoms with Crippen LogP contribution in [-0.4, -0.2) is 100 Å². The molecule has 0 spiro atoms. The molecule has 0 amide bonds. The number of aromatic amines is 4. The Morgan fingerprint density at radius 3 is 0.962 bits per heavy atom. The second-order valence-electron chi connectivity index (χ2n) is 11.8. The normalized spacial score (nSPS) is 8.00. The van der Waals surface area contributed by atoms with Gasteiger partial charge in [-0.1, -0.05) is 24.3 Å². The van der Waals surface area contributed by atoms with Crippen LogP contribution in [-0.2, 0) is 0 Å². The van der Waals surface area contributed by atoms with Gasteiger partial charge in [0, 0.05) is 123 Å². The van der Waals surface area contributed by atoms with Crippen molar-refractivity contribution in [1.82, 2.24) is 100 Å². The fourth-order valence-electron chi connectivity index (χ4n) is 3.31. The van der Waals surface area contributed by atoms with Gasteiger partial charge in [-0.25, -0.2) is 29.9 Å². The molecule has 0 unspecified atom stereocenters. The molecule has 15 heterocycles. The number of pyridine rings is 2. The third-order valence-electron chi connectivity index (χ3n) is 6.26. The van der Waals surface area contributed by atoms with Gasteiger partial charge in [0.15, 0.2) is 12.8 Å². The van der Waals surface area contributed by atoms with E-state index in [9.17, 15) is 0 Å². The van der Waals surface area contributed by atoms with E-state index in [1.807, 2.05) is 107 Å². The summed E-state index contributed by atoms with van der Waals surface area (Å²) in [6.07, 6.45) is 52.3. The maximum atomic E-state index is 4.58. The summed E-state index contributed by atoms with van der Waals surface area (Å²) in [7, 11) is 0. The van der Waals surface area contributed by atoms with Crippen molar-refractivity contribution in [2.45, 2.75) is 0 Å². The highest BCUT2D eigenvalue weighted by molar-refractivity contribution is 7.08. The van der Waals surface area contributed by atoms with Crippen molar-refractivity contribution >= 4 is 34.0 Å². The highest BCUT2D eigenvalue weighted by Crippen LogP contribution is 1.91. The molecule has 0 aliphatic heterocycles. The molecule has 406 valence electrons. The Labute approximate surface area is 467 Å². The summed E-state index contributed by atoms with van der Waals surface area (Å²) in [6.45, 7) is 0. The number of hydrogen-bond donors (Lipinski definition) is 4. The van der Waals surface area contributed by atoms with Gasteiger partial charge < -0.3 is 32.6 Å². The van der Waals surface area contributed by atoms with Crippen molar-refractivity contribution in [2.24, 2.45) is 0 Å². The average molecular weight is 1120 g/mol. The van der Waals surface area contributed by atoms with E-state index in [4.69, 9.17) is 0 Å². The Bertz CT molecular complexity index is 2000. The SMILES string of the molecule is c1c[nH]cn1.c1c[nH]cn1.c1cc[nH]c1.c1ccncc1.c1ccncc1.c1ccoc1.c1ccsc1.c1cn[nH]c1.c1cnccn1.c1cncnc1.c1cocn1.c1cocn1.c1cscn1.c1nnco1.c1nncs1. The number of aromatic nitrogens is 20. The van der Waals surface area contributed by atoms with Crippen molar-refractivity contribution < 1.29 is 17.7 Å². The molecule has 0 radical (unpaired) electrons. The van der Waals surface area contributed by atoms with E-state index in [1.165, 1.54) is 55.8 Å². The molecule has 0 saturated heterocycles. The minimum Gasteiger partial charge on any atom is -0.473 e. The molecule has 0 bridgehead atoms. The van der Waals surface area contributed by atoms with Crippen LogP contribution in [0, 0.1) is 0 Å². The predicted octanol–water partition coefficient (Wildman–Crippen LogP) is 11.5. The lowest BCUT2D eigenvalue weighted by atomic mass is 10.5. The minimum atomic E-state index is 1.26. The second kappa shape index (κ2) is 63.2. The summed E-state index contributed by atoms with van der Waals surface area (Å²) in [6, 6.07) is 26.6. The Morgan fingerprint density at radius 2 is 0.810 bits per heavy atom. The van der Waals surface area contributed by atoms with Gasteiger partial charge in [-0.2, -0.15) is 16.4 Å². The predicted molar refractivity (Wildman–Crippen MR) is 301 cm³/mol. The number of oxazole rings is 2. The summed E-state index contributed by atoms with van der Waals surface area (Å²) < 4.78 is 17.9.